The fraction of sp³-hybridized carbons (Fsp3) is 0.385. The standard InChI is InChI=1S/C26H31N5O2/c1-18(2)20-8-5-6-10-23(20)33-17-24(32)31-15-7-9-22(31)25-21(19-11-13-27-14-12-19)16-28-26(29-25)30(3)4/h5-6,8,10-14,16,18,22H,7,9,15,17H2,1-4H3/t22-/m0/s1. The number of anilines is 1. The highest BCUT2D eigenvalue weighted by Gasteiger charge is 2.33. The zero-order valence-electron chi connectivity index (χ0n) is 19.7. The topological polar surface area (TPSA) is 71.5 Å². The Labute approximate surface area is 195 Å². The van der Waals surface area contributed by atoms with Crippen LogP contribution in [0.4, 0.5) is 5.95 Å². The summed E-state index contributed by atoms with van der Waals surface area (Å²) in [6, 6.07) is 11.7. The number of hydrogen-bond acceptors (Lipinski definition) is 6. The molecule has 2 aromatic heterocycles. The lowest BCUT2D eigenvalue weighted by molar-refractivity contribution is -0.134. The highest BCUT2D eigenvalue weighted by Crippen LogP contribution is 2.37. The van der Waals surface area contributed by atoms with Gasteiger partial charge in [0.2, 0.25) is 5.95 Å². The molecular weight excluding hydrogens is 414 g/mol. The zero-order valence-corrected chi connectivity index (χ0v) is 19.7. The van der Waals surface area contributed by atoms with Crippen LogP contribution in [0.2, 0.25) is 0 Å². The average molecular weight is 446 g/mol. The molecule has 0 bridgehead atoms. The third-order valence-corrected chi connectivity index (χ3v) is 5.98. The predicted octanol–water partition coefficient (Wildman–Crippen LogP) is 4.47. The van der Waals surface area contributed by atoms with Crippen LogP contribution in [0.3, 0.4) is 0 Å². The summed E-state index contributed by atoms with van der Waals surface area (Å²) < 4.78 is 5.99. The largest absolute Gasteiger partial charge is 0.483 e. The van der Waals surface area contributed by atoms with Crippen molar-refractivity contribution in [3.8, 4) is 16.9 Å². The summed E-state index contributed by atoms with van der Waals surface area (Å²) in [5.74, 6) is 1.70. The van der Waals surface area contributed by atoms with Gasteiger partial charge in [-0.05, 0) is 48.1 Å². The number of nitrogens with zero attached hydrogens (tertiary/aromatic N) is 5. The molecule has 1 fully saturated rings. The molecule has 0 unspecified atom stereocenters. The van der Waals surface area contributed by atoms with Crippen molar-refractivity contribution in [2.24, 2.45) is 0 Å². The van der Waals surface area contributed by atoms with Crippen LogP contribution < -0.4 is 9.64 Å². The molecule has 0 radical (unpaired) electrons. The van der Waals surface area contributed by atoms with Crippen LogP contribution >= 0.6 is 0 Å². The minimum Gasteiger partial charge on any atom is -0.483 e. The highest BCUT2D eigenvalue weighted by molar-refractivity contribution is 5.79. The lowest BCUT2D eigenvalue weighted by Crippen LogP contribution is -2.35. The first-order chi connectivity index (χ1) is 16.0. The second kappa shape index (κ2) is 9.98. The van der Waals surface area contributed by atoms with Crippen molar-refractivity contribution in [2.75, 3.05) is 32.1 Å². The lowest BCUT2D eigenvalue weighted by Gasteiger charge is -2.27. The summed E-state index contributed by atoms with van der Waals surface area (Å²) >= 11 is 0. The minimum atomic E-state index is -0.119. The molecule has 1 atom stereocenters. The average Bonchev–Trinajstić information content (AvgIpc) is 3.33. The van der Waals surface area contributed by atoms with E-state index in [0.717, 1.165) is 41.0 Å². The zero-order chi connectivity index (χ0) is 23.4. The number of carbonyl (C=O) groups is 1. The van der Waals surface area contributed by atoms with E-state index in [1.54, 1.807) is 12.4 Å². The van der Waals surface area contributed by atoms with Gasteiger partial charge in [-0.25, -0.2) is 9.97 Å². The molecule has 1 aliphatic heterocycles. The first-order valence-corrected chi connectivity index (χ1v) is 11.4. The van der Waals surface area contributed by atoms with Crippen LogP contribution in [0.15, 0.2) is 55.0 Å². The van der Waals surface area contributed by atoms with Gasteiger partial charge in [0.25, 0.3) is 5.91 Å². The maximum Gasteiger partial charge on any atom is 0.261 e. The van der Waals surface area contributed by atoms with Crippen LogP contribution in [-0.2, 0) is 4.79 Å². The Morgan fingerprint density at radius 2 is 1.94 bits per heavy atom. The first-order valence-electron chi connectivity index (χ1n) is 11.4. The Kier molecular flexibility index (Phi) is 6.87. The van der Waals surface area contributed by atoms with E-state index in [1.807, 2.05) is 66.5 Å². The van der Waals surface area contributed by atoms with E-state index in [-0.39, 0.29) is 18.6 Å². The molecule has 1 aromatic carbocycles. The van der Waals surface area contributed by atoms with Crippen LogP contribution in [0.25, 0.3) is 11.1 Å². The summed E-state index contributed by atoms with van der Waals surface area (Å²) in [6.45, 7) is 4.95. The maximum absolute atomic E-state index is 13.3. The molecule has 3 aromatic rings. The quantitative estimate of drug-likeness (QED) is 0.534. The Morgan fingerprint density at radius 3 is 2.67 bits per heavy atom. The Balaban J connectivity index is 1.60. The van der Waals surface area contributed by atoms with Crippen molar-refractivity contribution in [1.29, 1.82) is 0 Å². The lowest BCUT2D eigenvalue weighted by atomic mass is 10.0. The second-order valence-corrected chi connectivity index (χ2v) is 8.83. The number of ether oxygens (including phenoxy) is 1. The van der Waals surface area contributed by atoms with Crippen molar-refractivity contribution in [3.05, 3.63) is 66.2 Å². The van der Waals surface area contributed by atoms with Gasteiger partial charge in [-0.1, -0.05) is 32.0 Å². The number of aromatic nitrogens is 3. The van der Waals surface area contributed by atoms with Gasteiger partial charge >= 0.3 is 0 Å². The predicted molar refractivity (Wildman–Crippen MR) is 129 cm³/mol. The monoisotopic (exact) mass is 445 g/mol. The SMILES string of the molecule is CC(C)c1ccccc1OCC(=O)N1CCC[C@H]1c1nc(N(C)C)ncc1-c1ccncc1. The van der Waals surface area contributed by atoms with Crippen molar-refractivity contribution >= 4 is 11.9 Å². The number of benzene rings is 1. The Bertz CT molecular complexity index is 1100. The van der Waals surface area contributed by atoms with E-state index in [9.17, 15) is 4.79 Å². The van der Waals surface area contributed by atoms with E-state index < -0.39 is 0 Å². The van der Waals surface area contributed by atoms with Gasteiger partial charge in [0, 0.05) is 44.8 Å². The van der Waals surface area contributed by atoms with Crippen molar-refractivity contribution in [2.45, 2.75) is 38.6 Å². The fourth-order valence-electron chi connectivity index (χ4n) is 4.27. The van der Waals surface area contributed by atoms with Crippen LogP contribution in [0.5, 0.6) is 5.75 Å². The van der Waals surface area contributed by atoms with Crippen LogP contribution in [0.1, 0.15) is 49.9 Å². The molecule has 0 aliphatic carbocycles. The summed E-state index contributed by atoms with van der Waals surface area (Å²) in [6.07, 6.45) is 7.16. The molecule has 33 heavy (non-hydrogen) atoms. The van der Waals surface area contributed by atoms with Gasteiger partial charge in [0.1, 0.15) is 5.75 Å². The van der Waals surface area contributed by atoms with Gasteiger partial charge in [0.05, 0.1) is 11.7 Å². The van der Waals surface area contributed by atoms with E-state index in [1.165, 1.54) is 0 Å². The highest BCUT2D eigenvalue weighted by atomic mass is 16.5. The van der Waals surface area contributed by atoms with E-state index in [2.05, 4.69) is 23.8 Å². The maximum atomic E-state index is 13.3. The summed E-state index contributed by atoms with van der Waals surface area (Å²) in [4.78, 5) is 30.6. The molecule has 7 heteroatoms. The number of hydrogen-bond donors (Lipinski definition) is 0. The van der Waals surface area contributed by atoms with E-state index in [0.29, 0.717) is 18.4 Å². The third kappa shape index (κ3) is 4.97. The third-order valence-electron chi connectivity index (χ3n) is 5.98. The number of para-hydroxylation sites is 1. The van der Waals surface area contributed by atoms with Gasteiger partial charge in [0.15, 0.2) is 6.61 Å². The minimum absolute atomic E-state index is 0.0104. The smallest absolute Gasteiger partial charge is 0.261 e. The molecule has 7 nitrogen and oxygen atoms in total. The molecular formula is C26H31N5O2. The van der Waals surface area contributed by atoms with Gasteiger partial charge < -0.3 is 14.5 Å². The summed E-state index contributed by atoms with van der Waals surface area (Å²) in [7, 11) is 3.84. The van der Waals surface area contributed by atoms with E-state index >= 15 is 0 Å². The van der Waals surface area contributed by atoms with Crippen LogP contribution in [-0.4, -0.2) is 53.0 Å². The van der Waals surface area contributed by atoms with Gasteiger partial charge in [-0.2, -0.15) is 0 Å². The summed E-state index contributed by atoms with van der Waals surface area (Å²) in [5.41, 5.74) is 3.90. The molecule has 0 N–H and O–H groups in total. The fourth-order valence-corrected chi connectivity index (χ4v) is 4.27. The Morgan fingerprint density at radius 1 is 1.18 bits per heavy atom. The van der Waals surface area contributed by atoms with Crippen LogP contribution in [0, 0.1) is 0 Å². The molecule has 1 amide bonds. The molecule has 1 aliphatic rings. The van der Waals surface area contributed by atoms with Gasteiger partial charge in [-0.15, -0.1) is 0 Å². The van der Waals surface area contributed by atoms with E-state index in [4.69, 9.17) is 9.72 Å². The normalized spacial score (nSPS) is 15.7. The summed E-state index contributed by atoms with van der Waals surface area (Å²) in [5, 5.41) is 0. The number of amides is 1. The molecule has 0 spiro atoms. The second-order valence-electron chi connectivity index (χ2n) is 8.83. The number of likely N-dealkylation sites (tertiary alicyclic amines) is 1. The van der Waals surface area contributed by atoms with Crippen molar-refractivity contribution < 1.29 is 9.53 Å². The number of pyridine rings is 1. The molecule has 172 valence electrons. The molecule has 0 saturated carbocycles. The number of rotatable bonds is 7. The van der Waals surface area contributed by atoms with Crippen molar-refractivity contribution in [1.82, 2.24) is 19.9 Å². The molecule has 1 saturated heterocycles. The molecule has 4 rings (SSSR count). The van der Waals surface area contributed by atoms with Crippen molar-refractivity contribution in [3.63, 3.8) is 0 Å². The molecule has 3 heterocycles. The first kappa shape index (κ1) is 22.7. The number of carbonyl (C=O) groups excluding carboxylic acids is 1. The Hall–Kier alpha value is -3.48. The van der Waals surface area contributed by atoms with Gasteiger partial charge in [-0.3, -0.25) is 9.78 Å².